The van der Waals surface area contributed by atoms with Crippen molar-refractivity contribution in [3.05, 3.63) is 77.9 Å². The second-order valence-corrected chi connectivity index (χ2v) is 8.47. The Morgan fingerprint density at radius 3 is 2.74 bits per heavy atom. The summed E-state index contributed by atoms with van der Waals surface area (Å²) in [4.78, 5) is 16.8. The van der Waals surface area contributed by atoms with Crippen LogP contribution in [0.1, 0.15) is 48.4 Å². The Morgan fingerprint density at radius 1 is 1.13 bits per heavy atom. The third-order valence-corrected chi connectivity index (χ3v) is 6.39. The third kappa shape index (κ3) is 4.24. The van der Waals surface area contributed by atoms with Crippen LogP contribution in [0.5, 0.6) is 0 Å². The molecule has 0 radical (unpaired) electrons. The number of aliphatic hydroxyl groups is 1. The molecule has 160 valence electrons. The molecule has 31 heavy (non-hydrogen) atoms. The van der Waals surface area contributed by atoms with E-state index in [0.717, 1.165) is 49.2 Å². The molecule has 0 unspecified atom stereocenters. The van der Waals surface area contributed by atoms with Crippen molar-refractivity contribution in [3.63, 3.8) is 0 Å². The van der Waals surface area contributed by atoms with Gasteiger partial charge in [0.2, 0.25) is 5.91 Å². The average Bonchev–Trinajstić information content (AvgIpc) is 3.52. The number of anilines is 1. The molecular weight excluding hydrogens is 390 g/mol. The maximum atomic E-state index is 12.6. The zero-order valence-electron chi connectivity index (χ0n) is 17.3. The summed E-state index contributed by atoms with van der Waals surface area (Å²) in [5, 5.41) is 21.4. The van der Waals surface area contributed by atoms with Gasteiger partial charge in [-0.25, -0.2) is 9.67 Å². The van der Waals surface area contributed by atoms with E-state index in [0.29, 0.717) is 6.04 Å². The largest absolute Gasteiger partial charge is 0.387 e. The lowest BCUT2D eigenvalue weighted by Crippen LogP contribution is -2.35. The van der Waals surface area contributed by atoms with E-state index in [2.05, 4.69) is 32.8 Å². The lowest BCUT2D eigenvalue weighted by Gasteiger charge is -2.20. The molecule has 1 amide bonds. The Morgan fingerprint density at radius 2 is 1.94 bits per heavy atom. The van der Waals surface area contributed by atoms with Crippen LogP contribution >= 0.6 is 0 Å². The van der Waals surface area contributed by atoms with Crippen LogP contribution in [0.25, 0.3) is 0 Å². The molecule has 5 rings (SSSR count). The molecule has 2 aliphatic rings. The van der Waals surface area contributed by atoms with Gasteiger partial charge in [-0.2, -0.15) is 5.10 Å². The number of aliphatic hydroxyl groups excluding tert-OH is 1. The molecule has 1 saturated heterocycles. The van der Waals surface area contributed by atoms with Gasteiger partial charge < -0.3 is 15.7 Å². The minimum absolute atomic E-state index is 0.0489. The number of nitrogens with one attached hydrogen (secondary N) is 2. The van der Waals surface area contributed by atoms with Crippen LogP contribution in [-0.4, -0.2) is 37.9 Å². The summed E-state index contributed by atoms with van der Waals surface area (Å²) in [5.41, 5.74) is 2.96. The topological polar surface area (TPSA) is 92.1 Å². The highest BCUT2D eigenvalue weighted by Gasteiger charge is 2.31. The Bertz CT molecular complexity index is 1030. The summed E-state index contributed by atoms with van der Waals surface area (Å²) >= 11 is 0. The summed E-state index contributed by atoms with van der Waals surface area (Å²) in [6.07, 6.45) is 5.44. The molecule has 3 aromatic rings. The van der Waals surface area contributed by atoms with Crippen LogP contribution in [0, 0.1) is 0 Å². The van der Waals surface area contributed by atoms with E-state index in [4.69, 9.17) is 0 Å². The highest BCUT2D eigenvalue weighted by molar-refractivity contribution is 5.93. The minimum Gasteiger partial charge on any atom is -0.387 e. The molecule has 7 heteroatoms. The molecule has 0 saturated carbocycles. The molecule has 3 heterocycles. The fourth-order valence-corrected chi connectivity index (χ4v) is 4.72. The number of nitrogens with zero attached hydrogens (tertiary/aromatic N) is 3. The van der Waals surface area contributed by atoms with Crippen LogP contribution < -0.4 is 10.6 Å². The number of aromatic nitrogens is 3. The molecule has 2 aliphatic heterocycles. The van der Waals surface area contributed by atoms with E-state index in [1.54, 1.807) is 4.68 Å². The second-order valence-electron chi connectivity index (χ2n) is 8.47. The zero-order valence-corrected chi connectivity index (χ0v) is 17.3. The maximum Gasteiger partial charge on any atom is 0.249 e. The van der Waals surface area contributed by atoms with E-state index in [9.17, 15) is 9.90 Å². The van der Waals surface area contributed by atoms with Crippen LogP contribution in [0.3, 0.4) is 0 Å². The van der Waals surface area contributed by atoms with Gasteiger partial charge in [0, 0.05) is 24.2 Å². The molecule has 0 spiro atoms. The second kappa shape index (κ2) is 8.61. The predicted octanol–water partition coefficient (Wildman–Crippen LogP) is 2.80. The Labute approximate surface area is 181 Å². The van der Waals surface area contributed by atoms with Gasteiger partial charge in [0.1, 0.15) is 18.2 Å². The smallest absolute Gasteiger partial charge is 0.249 e. The summed E-state index contributed by atoms with van der Waals surface area (Å²) in [5.74, 6) is 0.822. The van der Waals surface area contributed by atoms with E-state index in [1.165, 1.54) is 11.9 Å². The van der Waals surface area contributed by atoms with E-state index in [-0.39, 0.29) is 18.0 Å². The van der Waals surface area contributed by atoms with Gasteiger partial charge in [-0.15, -0.1) is 0 Å². The van der Waals surface area contributed by atoms with Gasteiger partial charge in [-0.05, 0) is 48.9 Å². The predicted molar refractivity (Wildman–Crippen MR) is 118 cm³/mol. The highest BCUT2D eigenvalue weighted by atomic mass is 16.3. The van der Waals surface area contributed by atoms with Gasteiger partial charge in [-0.1, -0.05) is 42.5 Å². The molecule has 0 aliphatic carbocycles. The fourth-order valence-electron chi connectivity index (χ4n) is 4.72. The quantitative estimate of drug-likeness (QED) is 0.574. The van der Waals surface area contributed by atoms with Crippen molar-refractivity contribution >= 4 is 11.6 Å². The molecule has 4 atom stereocenters. The Kier molecular flexibility index (Phi) is 5.53. The summed E-state index contributed by atoms with van der Waals surface area (Å²) in [7, 11) is 0. The molecular formula is C24H27N5O2. The van der Waals surface area contributed by atoms with Crippen LogP contribution in [0.15, 0.2) is 60.9 Å². The number of benzene rings is 2. The lowest BCUT2D eigenvalue weighted by molar-refractivity contribution is -0.119. The number of hydrogen-bond acceptors (Lipinski definition) is 5. The van der Waals surface area contributed by atoms with Gasteiger partial charge >= 0.3 is 0 Å². The van der Waals surface area contributed by atoms with Crippen molar-refractivity contribution in [2.45, 2.75) is 56.3 Å². The minimum atomic E-state index is -0.482. The standard InChI is InChI=1S/C24H27N5O2/c30-23(17-4-2-1-3-5-17)20-11-10-19(27-20)14-16-6-8-18(9-7-16)28-24(31)21-12-13-22-25-15-26-29(21)22/h1-9,15,19-21,23,27,30H,10-14H2,(H,28,31)/t19-,20+,21+,23+/m0/s1. The molecule has 2 aromatic carbocycles. The Hall–Kier alpha value is -3.03. The van der Waals surface area contributed by atoms with Crippen molar-refractivity contribution in [3.8, 4) is 0 Å². The number of hydrogen-bond donors (Lipinski definition) is 3. The number of aryl methyl sites for hydroxylation is 1. The number of carbonyl (C=O) groups excluding carboxylic acids is 1. The fraction of sp³-hybridized carbons (Fsp3) is 0.375. The van der Waals surface area contributed by atoms with Crippen LogP contribution in [-0.2, 0) is 17.6 Å². The molecule has 1 fully saturated rings. The van der Waals surface area contributed by atoms with Crippen molar-refractivity contribution in [2.24, 2.45) is 0 Å². The summed E-state index contributed by atoms with van der Waals surface area (Å²) in [6, 6.07) is 18.0. The number of amides is 1. The van der Waals surface area contributed by atoms with Crippen LogP contribution in [0.4, 0.5) is 5.69 Å². The van der Waals surface area contributed by atoms with Crippen molar-refractivity contribution < 1.29 is 9.90 Å². The molecule has 7 nitrogen and oxygen atoms in total. The van der Waals surface area contributed by atoms with Crippen molar-refractivity contribution in [2.75, 3.05) is 5.32 Å². The first-order valence-electron chi connectivity index (χ1n) is 10.9. The third-order valence-electron chi connectivity index (χ3n) is 6.39. The summed E-state index contributed by atoms with van der Waals surface area (Å²) < 4.78 is 1.72. The van der Waals surface area contributed by atoms with Gasteiger partial charge in [0.05, 0.1) is 6.10 Å². The SMILES string of the molecule is O=C(Nc1ccc(C[C@@H]2CC[C@H]([C@H](O)c3ccccc3)N2)cc1)[C@H]1CCc2ncnn21. The maximum absolute atomic E-state index is 12.6. The number of carbonyl (C=O) groups is 1. The first kappa shape index (κ1) is 19.9. The van der Waals surface area contributed by atoms with Gasteiger partial charge in [0.25, 0.3) is 0 Å². The average molecular weight is 418 g/mol. The Balaban J connectivity index is 1.15. The highest BCUT2D eigenvalue weighted by Crippen LogP contribution is 2.27. The lowest BCUT2D eigenvalue weighted by atomic mass is 10.0. The zero-order chi connectivity index (χ0) is 21.2. The van der Waals surface area contributed by atoms with Gasteiger partial charge in [-0.3, -0.25) is 4.79 Å². The van der Waals surface area contributed by atoms with E-state index in [1.807, 2.05) is 42.5 Å². The van der Waals surface area contributed by atoms with Crippen molar-refractivity contribution in [1.29, 1.82) is 0 Å². The van der Waals surface area contributed by atoms with E-state index >= 15 is 0 Å². The molecule has 0 bridgehead atoms. The number of rotatable bonds is 6. The number of fused-ring (bicyclic) bond motifs is 1. The first-order chi connectivity index (χ1) is 15.2. The van der Waals surface area contributed by atoms with Crippen molar-refractivity contribution in [1.82, 2.24) is 20.1 Å². The van der Waals surface area contributed by atoms with E-state index < -0.39 is 6.10 Å². The first-order valence-corrected chi connectivity index (χ1v) is 10.9. The van der Waals surface area contributed by atoms with Gasteiger partial charge in [0.15, 0.2) is 0 Å². The monoisotopic (exact) mass is 417 g/mol. The normalized spacial score (nSPS) is 23.5. The molecule has 1 aromatic heterocycles. The van der Waals surface area contributed by atoms with Crippen LogP contribution in [0.2, 0.25) is 0 Å². The summed E-state index contributed by atoms with van der Waals surface area (Å²) in [6.45, 7) is 0. The molecule has 3 N–H and O–H groups in total.